The molecule has 7 heteroatoms. The molecule has 0 fully saturated rings. The van der Waals surface area contributed by atoms with Crippen LogP contribution in [0.2, 0.25) is 0 Å². The SMILES string of the molecule is COC(=O)c1ccc(Nc2nc(-c3ccccc3)c(CC(=O)O)s2)cc1. The van der Waals surface area contributed by atoms with Crippen LogP contribution in [0, 0.1) is 0 Å². The number of hydrogen-bond donors (Lipinski definition) is 2. The summed E-state index contributed by atoms with van der Waals surface area (Å²) >= 11 is 1.30. The summed E-state index contributed by atoms with van der Waals surface area (Å²) in [6.07, 6.45) is -0.0924. The Labute approximate surface area is 154 Å². The van der Waals surface area contributed by atoms with Gasteiger partial charge in [-0.3, -0.25) is 4.79 Å². The second-order valence-electron chi connectivity index (χ2n) is 5.42. The predicted molar refractivity (Wildman–Crippen MR) is 100.0 cm³/mol. The molecule has 0 saturated heterocycles. The molecule has 1 aromatic heterocycles. The fourth-order valence-corrected chi connectivity index (χ4v) is 3.41. The molecule has 2 aromatic carbocycles. The van der Waals surface area contributed by atoms with Crippen molar-refractivity contribution in [3.05, 3.63) is 65.0 Å². The van der Waals surface area contributed by atoms with Crippen LogP contribution in [-0.2, 0) is 16.0 Å². The quantitative estimate of drug-likeness (QED) is 0.640. The largest absolute Gasteiger partial charge is 0.481 e. The van der Waals surface area contributed by atoms with E-state index in [0.29, 0.717) is 21.3 Å². The number of methoxy groups -OCH3 is 1. The van der Waals surface area contributed by atoms with Gasteiger partial charge in [-0.05, 0) is 24.3 Å². The molecule has 0 radical (unpaired) electrons. The molecule has 0 unspecified atom stereocenters. The summed E-state index contributed by atoms with van der Waals surface area (Å²) in [5, 5.41) is 12.9. The summed E-state index contributed by atoms with van der Waals surface area (Å²) in [7, 11) is 1.33. The summed E-state index contributed by atoms with van der Waals surface area (Å²) in [5.41, 5.74) is 2.72. The van der Waals surface area contributed by atoms with E-state index >= 15 is 0 Å². The highest BCUT2D eigenvalue weighted by Crippen LogP contribution is 2.33. The summed E-state index contributed by atoms with van der Waals surface area (Å²) < 4.78 is 4.67. The van der Waals surface area contributed by atoms with Crippen molar-refractivity contribution in [2.75, 3.05) is 12.4 Å². The Bertz CT molecular complexity index is 920. The summed E-state index contributed by atoms with van der Waals surface area (Å²) in [6, 6.07) is 16.3. The fraction of sp³-hybridized carbons (Fsp3) is 0.105. The van der Waals surface area contributed by atoms with Crippen molar-refractivity contribution in [2.24, 2.45) is 0 Å². The topological polar surface area (TPSA) is 88.5 Å². The molecule has 0 aliphatic heterocycles. The molecule has 132 valence electrons. The van der Waals surface area contributed by atoms with E-state index in [4.69, 9.17) is 5.11 Å². The third-order valence-corrected chi connectivity index (χ3v) is 4.58. The monoisotopic (exact) mass is 368 g/mol. The van der Waals surface area contributed by atoms with E-state index in [1.165, 1.54) is 18.4 Å². The van der Waals surface area contributed by atoms with Crippen LogP contribution in [0.15, 0.2) is 54.6 Å². The van der Waals surface area contributed by atoms with Crippen LogP contribution < -0.4 is 5.32 Å². The van der Waals surface area contributed by atoms with E-state index in [9.17, 15) is 9.59 Å². The molecule has 0 spiro atoms. The predicted octanol–water partition coefficient (Wildman–Crippen LogP) is 3.97. The van der Waals surface area contributed by atoms with Crippen molar-refractivity contribution < 1.29 is 19.4 Å². The number of aliphatic carboxylic acids is 1. The maximum absolute atomic E-state index is 11.5. The number of carbonyl (C=O) groups excluding carboxylic acids is 1. The third kappa shape index (κ3) is 4.07. The number of nitrogens with one attached hydrogen (secondary N) is 1. The molecule has 1 heterocycles. The minimum Gasteiger partial charge on any atom is -0.481 e. The first-order chi connectivity index (χ1) is 12.6. The molecule has 0 amide bonds. The van der Waals surface area contributed by atoms with Gasteiger partial charge in [0.15, 0.2) is 5.13 Å². The van der Waals surface area contributed by atoms with Gasteiger partial charge in [-0.1, -0.05) is 30.3 Å². The van der Waals surface area contributed by atoms with Crippen LogP contribution in [-0.4, -0.2) is 29.1 Å². The van der Waals surface area contributed by atoms with Gasteiger partial charge in [-0.25, -0.2) is 9.78 Å². The number of carboxylic acid groups (broad SMARTS) is 1. The Kier molecular flexibility index (Phi) is 5.28. The van der Waals surface area contributed by atoms with E-state index < -0.39 is 11.9 Å². The molecule has 6 nitrogen and oxygen atoms in total. The molecule has 0 aliphatic carbocycles. The van der Waals surface area contributed by atoms with Crippen molar-refractivity contribution >= 4 is 34.1 Å². The zero-order valence-electron chi connectivity index (χ0n) is 13.9. The minimum atomic E-state index is -0.903. The summed E-state index contributed by atoms with van der Waals surface area (Å²) in [5.74, 6) is -1.30. The second-order valence-corrected chi connectivity index (χ2v) is 6.50. The van der Waals surface area contributed by atoms with Crippen molar-refractivity contribution in [3.63, 3.8) is 0 Å². The van der Waals surface area contributed by atoms with Crippen molar-refractivity contribution in [2.45, 2.75) is 6.42 Å². The molecule has 3 aromatic rings. The Balaban J connectivity index is 1.87. The number of carboxylic acids is 1. The lowest BCUT2D eigenvalue weighted by molar-refractivity contribution is -0.136. The standard InChI is InChI=1S/C19H16N2O4S/c1-25-18(24)13-7-9-14(10-8-13)20-19-21-17(12-5-3-2-4-6-12)15(26-19)11-16(22)23/h2-10H,11H2,1H3,(H,20,21)(H,22,23). The Morgan fingerprint density at radius 1 is 1.12 bits per heavy atom. The lowest BCUT2D eigenvalue weighted by Crippen LogP contribution is -2.00. The van der Waals surface area contributed by atoms with Gasteiger partial charge in [0, 0.05) is 16.1 Å². The number of carbonyl (C=O) groups is 2. The second kappa shape index (κ2) is 7.79. The van der Waals surface area contributed by atoms with Crippen LogP contribution in [0.3, 0.4) is 0 Å². The first-order valence-electron chi connectivity index (χ1n) is 7.79. The molecule has 0 bridgehead atoms. The van der Waals surface area contributed by atoms with Crippen LogP contribution in [0.25, 0.3) is 11.3 Å². The van der Waals surface area contributed by atoms with Crippen molar-refractivity contribution in [1.82, 2.24) is 4.98 Å². The maximum atomic E-state index is 11.5. The molecule has 26 heavy (non-hydrogen) atoms. The number of nitrogens with zero attached hydrogens (tertiary/aromatic N) is 1. The van der Waals surface area contributed by atoms with Crippen LogP contribution in [0.1, 0.15) is 15.2 Å². The Morgan fingerprint density at radius 3 is 2.42 bits per heavy atom. The van der Waals surface area contributed by atoms with Gasteiger partial charge in [0.05, 0.1) is 24.8 Å². The van der Waals surface area contributed by atoms with E-state index in [1.54, 1.807) is 24.3 Å². The summed E-state index contributed by atoms with van der Waals surface area (Å²) in [4.78, 5) is 27.9. The van der Waals surface area contributed by atoms with Gasteiger partial charge in [0.1, 0.15) is 0 Å². The normalized spacial score (nSPS) is 10.3. The average molecular weight is 368 g/mol. The number of hydrogen-bond acceptors (Lipinski definition) is 6. The number of anilines is 2. The van der Waals surface area contributed by atoms with Gasteiger partial charge in [0.2, 0.25) is 0 Å². The van der Waals surface area contributed by atoms with E-state index in [1.807, 2.05) is 30.3 Å². The molecule has 0 saturated carbocycles. The highest BCUT2D eigenvalue weighted by molar-refractivity contribution is 7.16. The minimum absolute atomic E-state index is 0.0924. The lowest BCUT2D eigenvalue weighted by Gasteiger charge is -2.03. The number of esters is 1. The smallest absolute Gasteiger partial charge is 0.337 e. The number of rotatable bonds is 6. The number of aromatic nitrogens is 1. The highest BCUT2D eigenvalue weighted by Gasteiger charge is 2.16. The first-order valence-corrected chi connectivity index (χ1v) is 8.61. The molecule has 2 N–H and O–H groups in total. The van der Waals surface area contributed by atoms with Gasteiger partial charge in [-0.2, -0.15) is 0 Å². The van der Waals surface area contributed by atoms with Crippen LogP contribution >= 0.6 is 11.3 Å². The molecule has 3 rings (SSSR count). The van der Waals surface area contributed by atoms with Crippen molar-refractivity contribution in [3.8, 4) is 11.3 Å². The maximum Gasteiger partial charge on any atom is 0.337 e. The van der Waals surface area contributed by atoms with Gasteiger partial charge in [-0.15, -0.1) is 11.3 Å². The van der Waals surface area contributed by atoms with Crippen molar-refractivity contribution in [1.29, 1.82) is 0 Å². The summed E-state index contributed by atoms with van der Waals surface area (Å²) in [6.45, 7) is 0. The Hall–Kier alpha value is -3.19. The van der Waals surface area contributed by atoms with E-state index in [-0.39, 0.29) is 6.42 Å². The first kappa shape index (κ1) is 17.6. The van der Waals surface area contributed by atoms with Gasteiger partial charge >= 0.3 is 11.9 Å². The Morgan fingerprint density at radius 2 is 1.81 bits per heavy atom. The number of ether oxygens (including phenoxy) is 1. The number of benzene rings is 2. The zero-order valence-corrected chi connectivity index (χ0v) is 14.7. The molecule has 0 aliphatic rings. The highest BCUT2D eigenvalue weighted by atomic mass is 32.1. The van der Waals surface area contributed by atoms with Gasteiger partial charge < -0.3 is 15.2 Å². The van der Waals surface area contributed by atoms with Crippen LogP contribution in [0.5, 0.6) is 0 Å². The van der Waals surface area contributed by atoms with E-state index in [0.717, 1.165) is 11.3 Å². The zero-order chi connectivity index (χ0) is 18.5. The van der Waals surface area contributed by atoms with E-state index in [2.05, 4.69) is 15.0 Å². The number of thiazole rings is 1. The average Bonchev–Trinajstić information content (AvgIpc) is 3.04. The fourth-order valence-electron chi connectivity index (χ4n) is 2.41. The third-order valence-electron chi connectivity index (χ3n) is 3.61. The van der Waals surface area contributed by atoms with Crippen LogP contribution in [0.4, 0.5) is 10.8 Å². The molecular weight excluding hydrogens is 352 g/mol. The van der Waals surface area contributed by atoms with Gasteiger partial charge in [0.25, 0.3) is 0 Å². The molecular formula is C19H16N2O4S. The lowest BCUT2D eigenvalue weighted by atomic mass is 10.1. The molecule has 0 atom stereocenters.